The summed E-state index contributed by atoms with van der Waals surface area (Å²) in [7, 11) is 3.10. The third-order valence-corrected chi connectivity index (χ3v) is 2.91. The Bertz CT molecular complexity index is 487. The molecule has 6 heteroatoms. The lowest BCUT2D eigenvalue weighted by Crippen LogP contribution is -2.40. The fraction of sp³-hybridized carbons (Fsp3) is 0.333. The van der Waals surface area contributed by atoms with Crippen LogP contribution in [-0.4, -0.2) is 42.8 Å². The Morgan fingerprint density at radius 2 is 2.28 bits per heavy atom. The van der Waals surface area contributed by atoms with Crippen LogP contribution in [0.5, 0.6) is 5.75 Å². The van der Waals surface area contributed by atoms with Crippen LogP contribution in [0.15, 0.2) is 29.3 Å². The lowest BCUT2D eigenvalue weighted by Gasteiger charge is -2.23. The van der Waals surface area contributed by atoms with E-state index in [9.17, 15) is 9.90 Å². The third kappa shape index (κ3) is 2.22. The standard InChI is InChI=1S/C12H15N3O3/c1-15-9(8-5-3-4-6-10(8)16)7-13-11(15)14-12(17)18-2/h3-6,9,16H,7H2,1-2H3,(H,13,14,17). The molecule has 1 aliphatic rings. The van der Waals surface area contributed by atoms with E-state index in [1.807, 2.05) is 12.1 Å². The van der Waals surface area contributed by atoms with Gasteiger partial charge in [-0.15, -0.1) is 0 Å². The van der Waals surface area contributed by atoms with Crippen LogP contribution < -0.4 is 5.32 Å². The molecule has 2 rings (SSSR count). The number of rotatable bonds is 1. The fourth-order valence-electron chi connectivity index (χ4n) is 1.90. The lowest BCUT2D eigenvalue weighted by atomic mass is 10.1. The van der Waals surface area contributed by atoms with Gasteiger partial charge in [-0.05, 0) is 6.07 Å². The number of carbonyl (C=O) groups excluding carboxylic acids is 1. The first-order chi connectivity index (χ1) is 8.63. The molecular formula is C12H15N3O3. The van der Waals surface area contributed by atoms with Gasteiger partial charge in [0.05, 0.1) is 19.7 Å². The summed E-state index contributed by atoms with van der Waals surface area (Å²) in [6, 6.07) is 7.01. The van der Waals surface area contributed by atoms with Crippen LogP contribution in [0.25, 0.3) is 0 Å². The van der Waals surface area contributed by atoms with Gasteiger partial charge in [0.15, 0.2) is 0 Å². The number of benzene rings is 1. The molecule has 1 aromatic carbocycles. The Morgan fingerprint density at radius 3 is 2.94 bits per heavy atom. The van der Waals surface area contributed by atoms with E-state index in [0.29, 0.717) is 12.5 Å². The number of aromatic hydroxyl groups is 1. The van der Waals surface area contributed by atoms with Gasteiger partial charge in [0.2, 0.25) is 5.96 Å². The predicted molar refractivity (Wildman–Crippen MR) is 66.5 cm³/mol. The molecule has 1 amide bonds. The molecule has 1 aromatic rings. The number of methoxy groups -OCH3 is 1. The molecule has 1 aliphatic heterocycles. The largest absolute Gasteiger partial charge is 0.508 e. The highest BCUT2D eigenvalue weighted by Crippen LogP contribution is 2.30. The number of phenols is 1. The van der Waals surface area contributed by atoms with Crippen molar-refractivity contribution in [3.05, 3.63) is 29.8 Å². The van der Waals surface area contributed by atoms with E-state index in [4.69, 9.17) is 0 Å². The van der Waals surface area contributed by atoms with E-state index in [0.717, 1.165) is 5.56 Å². The molecule has 0 aromatic heterocycles. The Morgan fingerprint density at radius 1 is 1.56 bits per heavy atom. The smallest absolute Gasteiger partial charge is 0.413 e. The summed E-state index contributed by atoms with van der Waals surface area (Å²) >= 11 is 0. The normalized spacial score (nSPS) is 18.4. The molecule has 0 bridgehead atoms. The zero-order chi connectivity index (χ0) is 13.1. The highest BCUT2D eigenvalue weighted by Gasteiger charge is 2.28. The zero-order valence-electron chi connectivity index (χ0n) is 10.3. The molecule has 18 heavy (non-hydrogen) atoms. The van der Waals surface area contributed by atoms with Crippen molar-refractivity contribution in [2.45, 2.75) is 6.04 Å². The van der Waals surface area contributed by atoms with Gasteiger partial charge in [-0.25, -0.2) is 4.79 Å². The molecule has 0 saturated heterocycles. The minimum Gasteiger partial charge on any atom is -0.508 e. The number of amides is 1. The number of nitrogens with one attached hydrogen (secondary N) is 1. The molecule has 96 valence electrons. The number of ether oxygens (including phenoxy) is 1. The highest BCUT2D eigenvalue weighted by molar-refractivity contribution is 5.94. The van der Waals surface area contributed by atoms with Gasteiger partial charge >= 0.3 is 6.09 Å². The van der Waals surface area contributed by atoms with Crippen molar-refractivity contribution in [3.8, 4) is 5.75 Å². The van der Waals surface area contributed by atoms with E-state index in [1.165, 1.54) is 7.11 Å². The Balaban J connectivity index is 2.13. The minimum atomic E-state index is -0.557. The number of hydrogen-bond acceptors (Lipinski definition) is 5. The molecule has 0 aliphatic carbocycles. The molecule has 0 fully saturated rings. The number of phenolic OH excluding ortho intramolecular Hbond substituents is 1. The van der Waals surface area contributed by atoms with Crippen LogP contribution in [-0.2, 0) is 4.74 Å². The van der Waals surface area contributed by atoms with Crippen molar-refractivity contribution in [2.75, 3.05) is 20.7 Å². The molecule has 0 spiro atoms. The Labute approximate surface area is 105 Å². The molecule has 0 saturated carbocycles. The number of nitrogens with zero attached hydrogens (tertiary/aromatic N) is 2. The molecule has 0 radical (unpaired) electrons. The SMILES string of the molecule is COC(=O)NC1=NCC(c2ccccc2O)N1C. The molecule has 1 heterocycles. The van der Waals surface area contributed by atoms with E-state index in [2.05, 4.69) is 15.0 Å². The van der Waals surface area contributed by atoms with Crippen molar-refractivity contribution < 1.29 is 14.6 Å². The number of carbonyl (C=O) groups is 1. The van der Waals surface area contributed by atoms with E-state index in [-0.39, 0.29) is 11.8 Å². The summed E-state index contributed by atoms with van der Waals surface area (Å²) in [4.78, 5) is 17.2. The van der Waals surface area contributed by atoms with Gasteiger partial charge in [0.1, 0.15) is 5.75 Å². The topological polar surface area (TPSA) is 74.2 Å². The summed E-state index contributed by atoms with van der Waals surface area (Å²) in [5, 5.41) is 12.3. The van der Waals surface area contributed by atoms with E-state index < -0.39 is 6.09 Å². The van der Waals surface area contributed by atoms with Crippen LogP contribution in [0.1, 0.15) is 11.6 Å². The number of guanidine groups is 1. The first-order valence-corrected chi connectivity index (χ1v) is 5.53. The summed E-state index contributed by atoms with van der Waals surface area (Å²) in [6.45, 7) is 0.480. The van der Waals surface area contributed by atoms with Gasteiger partial charge in [-0.2, -0.15) is 0 Å². The van der Waals surface area contributed by atoms with Crippen LogP contribution >= 0.6 is 0 Å². The monoisotopic (exact) mass is 249 g/mol. The van der Waals surface area contributed by atoms with Crippen LogP contribution in [0.3, 0.4) is 0 Å². The second-order valence-electron chi connectivity index (χ2n) is 3.97. The second kappa shape index (κ2) is 4.95. The summed E-state index contributed by atoms with van der Waals surface area (Å²) < 4.78 is 4.52. The quantitative estimate of drug-likeness (QED) is 0.781. The first-order valence-electron chi connectivity index (χ1n) is 5.53. The van der Waals surface area contributed by atoms with Crippen molar-refractivity contribution in [1.82, 2.24) is 10.2 Å². The number of alkyl carbamates (subject to hydrolysis) is 1. The Hall–Kier alpha value is -2.24. The maximum Gasteiger partial charge on any atom is 0.413 e. The van der Waals surface area contributed by atoms with Crippen molar-refractivity contribution in [2.24, 2.45) is 4.99 Å². The molecule has 1 unspecified atom stereocenters. The number of likely N-dealkylation sites (N-methyl/N-ethyl adjacent to an activating group) is 1. The first kappa shape index (κ1) is 12.2. The molecule has 1 atom stereocenters. The summed E-state index contributed by atoms with van der Waals surface area (Å²) in [6.07, 6.45) is -0.557. The van der Waals surface area contributed by atoms with Gasteiger partial charge < -0.3 is 14.7 Å². The zero-order valence-corrected chi connectivity index (χ0v) is 10.3. The predicted octanol–water partition coefficient (Wildman–Crippen LogP) is 1.09. The number of hydrogen-bond donors (Lipinski definition) is 2. The lowest BCUT2D eigenvalue weighted by molar-refractivity contribution is 0.175. The fourth-order valence-corrected chi connectivity index (χ4v) is 1.90. The van der Waals surface area contributed by atoms with Gasteiger partial charge in [0, 0.05) is 12.6 Å². The van der Waals surface area contributed by atoms with Gasteiger partial charge in [-0.3, -0.25) is 10.3 Å². The van der Waals surface area contributed by atoms with Crippen LogP contribution in [0, 0.1) is 0 Å². The van der Waals surface area contributed by atoms with Gasteiger partial charge in [0.25, 0.3) is 0 Å². The maximum absolute atomic E-state index is 11.1. The van der Waals surface area contributed by atoms with Crippen LogP contribution in [0.4, 0.5) is 4.79 Å². The van der Waals surface area contributed by atoms with E-state index >= 15 is 0 Å². The minimum absolute atomic E-state index is 0.0849. The van der Waals surface area contributed by atoms with E-state index in [1.54, 1.807) is 24.1 Å². The number of para-hydroxylation sites is 1. The maximum atomic E-state index is 11.1. The third-order valence-electron chi connectivity index (χ3n) is 2.91. The summed E-state index contributed by atoms with van der Waals surface area (Å²) in [5.41, 5.74) is 0.783. The summed E-state index contributed by atoms with van der Waals surface area (Å²) in [5.74, 6) is 0.666. The van der Waals surface area contributed by atoms with Crippen molar-refractivity contribution in [3.63, 3.8) is 0 Å². The average Bonchev–Trinajstić information content (AvgIpc) is 2.72. The molecule has 6 nitrogen and oxygen atoms in total. The van der Waals surface area contributed by atoms with Crippen molar-refractivity contribution >= 4 is 12.1 Å². The molecule has 2 N–H and O–H groups in total. The van der Waals surface area contributed by atoms with Gasteiger partial charge in [-0.1, -0.05) is 18.2 Å². The average molecular weight is 249 g/mol. The highest BCUT2D eigenvalue weighted by atomic mass is 16.5. The molecular weight excluding hydrogens is 234 g/mol. The number of aliphatic imine (C=N–C) groups is 1. The second-order valence-corrected chi connectivity index (χ2v) is 3.97. The van der Waals surface area contributed by atoms with Crippen molar-refractivity contribution in [1.29, 1.82) is 0 Å². The Kier molecular flexibility index (Phi) is 3.36. The van der Waals surface area contributed by atoms with Crippen LogP contribution in [0.2, 0.25) is 0 Å².